The van der Waals surface area contributed by atoms with E-state index in [0.29, 0.717) is 6.42 Å². The number of amides is 1. The van der Waals surface area contributed by atoms with Crippen molar-refractivity contribution in [3.63, 3.8) is 0 Å². The fourth-order valence-electron chi connectivity index (χ4n) is 2.81. The lowest BCUT2D eigenvalue weighted by atomic mass is 9.98. The molecule has 1 amide bonds. The molecule has 1 aliphatic heterocycles. The predicted octanol–water partition coefficient (Wildman–Crippen LogP) is 3.60. The van der Waals surface area contributed by atoms with E-state index >= 15 is 0 Å². The highest BCUT2D eigenvalue weighted by atomic mass is 32.1. The number of aryl methyl sites for hydroxylation is 1. The summed E-state index contributed by atoms with van der Waals surface area (Å²) in [6, 6.07) is 9.82. The van der Waals surface area contributed by atoms with Gasteiger partial charge in [-0.3, -0.25) is 9.59 Å². The van der Waals surface area contributed by atoms with Gasteiger partial charge in [-0.1, -0.05) is 29.8 Å². The van der Waals surface area contributed by atoms with E-state index in [2.05, 4.69) is 5.10 Å². The quantitative estimate of drug-likeness (QED) is 0.902. The van der Waals surface area contributed by atoms with E-state index in [1.54, 1.807) is 11.3 Å². The van der Waals surface area contributed by atoms with Crippen LogP contribution >= 0.6 is 11.3 Å². The molecule has 5 nitrogen and oxygen atoms in total. The summed E-state index contributed by atoms with van der Waals surface area (Å²) < 4.78 is 0. The third kappa shape index (κ3) is 3.54. The number of carbonyl (C=O) groups is 2. The van der Waals surface area contributed by atoms with Crippen molar-refractivity contribution in [1.82, 2.24) is 5.01 Å². The van der Waals surface area contributed by atoms with Crippen LogP contribution in [0.3, 0.4) is 0 Å². The number of carboxylic acids is 1. The number of nitrogens with zero attached hydrogens (tertiary/aromatic N) is 2. The Morgan fingerprint density at radius 2 is 2.17 bits per heavy atom. The molecule has 2 heterocycles. The molecule has 24 heavy (non-hydrogen) atoms. The molecule has 1 unspecified atom stereocenters. The second-order valence-electron chi connectivity index (χ2n) is 5.82. The molecule has 2 aromatic rings. The minimum Gasteiger partial charge on any atom is -0.481 e. The summed E-state index contributed by atoms with van der Waals surface area (Å²) in [5.74, 6) is -1.23. The SMILES string of the molecule is Cc1cccc(C2CC(c3ccsc3)=NN2C(=O)CCC(=O)O)c1. The first-order valence-corrected chi connectivity index (χ1v) is 8.69. The Balaban J connectivity index is 1.89. The highest BCUT2D eigenvalue weighted by Crippen LogP contribution is 2.34. The van der Waals surface area contributed by atoms with Gasteiger partial charge in [0.25, 0.3) is 0 Å². The number of carbonyl (C=O) groups excluding carboxylic acids is 1. The molecule has 0 bridgehead atoms. The molecule has 1 aliphatic rings. The second kappa shape index (κ2) is 6.97. The number of carboxylic acid groups (broad SMARTS) is 1. The van der Waals surface area contributed by atoms with Gasteiger partial charge in [-0.2, -0.15) is 16.4 Å². The van der Waals surface area contributed by atoms with Gasteiger partial charge in [0.1, 0.15) is 0 Å². The summed E-state index contributed by atoms with van der Waals surface area (Å²) in [6.07, 6.45) is 0.413. The van der Waals surface area contributed by atoms with Crippen LogP contribution in [0.15, 0.2) is 46.2 Å². The van der Waals surface area contributed by atoms with Crippen LogP contribution in [0.25, 0.3) is 0 Å². The highest BCUT2D eigenvalue weighted by Gasteiger charge is 2.33. The highest BCUT2D eigenvalue weighted by molar-refractivity contribution is 7.08. The van der Waals surface area contributed by atoms with Crippen LogP contribution in [0, 0.1) is 6.92 Å². The Hall–Kier alpha value is -2.47. The van der Waals surface area contributed by atoms with Crippen LogP contribution in [-0.2, 0) is 9.59 Å². The average Bonchev–Trinajstić information content (AvgIpc) is 3.21. The van der Waals surface area contributed by atoms with Gasteiger partial charge in [-0.15, -0.1) is 0 Å². The number of hydrogen-bond acceptors (Lipinski definition) is 4. The van der Waals surface area contributed by atoms with Gasteiger partial charge >= 0.3 is 5.97 Å². The molecule has 124 valence electrons. The van der Waals surface area contributed by atoms with Crippen molar-refractivity contribution in [2.45, 2.75) is 32.2 Å². The summed E-state index contributed by atoms with van der Waals surface area (Å²) in [4.78, 5) is 23.3. The maximum absolute atomic E-state index is 12.5. The molecular weight excluding hydrogens is 324 g/mol. The largest absolute Gasteiger partial charge is 0.481 e. The van der Waals surface area contributed by atoms with Crippen LogP contribution in [0.2, 0.25) is 0 Å². The molecule has 1 atom stereocenters. The smallest absolute Gasteiger partial charge is 0.303 e. The van der Waals surface area contributed by atoms with E-state index in [1.807, 2.05) is 48.0 Å². The second-order valence-corrected chi connectivity index (χ2v) is 6.60. The first-order chi connectivity index (χ1) is 11.5. The van der Waals surface area contributed by atoms with Gasteiger partial charge in [0, 0.05) is 18.4 Å². The van der Waals surface area contributed by atoms with E-state index in [0.717, 1.165) is 22.4 Å². The Morgan fingerprint density at radius 3 is 2.83 bits per heavy atom. The van der Waals surface area contributed by atoms with Crippen LogP contribution in [0.4, 0.5) is 0 Å². The maximum Gasteiger partial charge on any atom is 0.303 e. The molecule has 0 aliphatic carbocycles. The zero-order chi connectivity index (χ0) is 17.1. The molecule has 3 rings (SSSR count). The topological polar surface area (TPSA) is 70.0 Å². The zero-order valence-corrected chi connectivity index (χ0v) is 14.1. The first-order valence-electron chi connectivity index (χ1n) is 7.75. The van der Waals surface area contributed by atoms with Crippen molar-refractivity contribution in [2.24, 2.45) is 5.10 Å². The minimum absolute atomic E-state index is 0.0436. The zero-order valence-electron chi connectivity index (χ0n) is 13.3. The summed E-state index contributed by atoms with van der Waals surface area (Å²) in [5, 5.41) is 18.8. The fraction of sp³-hybridized carbons (Fsp3) is 0.278. The van der Waals surface area contributed by atoms with Gasteiger partial charge in [0.05, 0.1) is 18.2 Å². The van der Waals surface area contributed by atoms with Crippen molar-refractivity contribution in [3.8, 4) is 0 Å². The number of hydrazone groups is 1. The van der Waals surface area contributed by atoms with Crippen LogP contribution in [-0.4, -0.2) is 27.7 Å². The third-order valence-corrected chi connectivity index (χ3v) is 4.68. The standard InChI is InChI=1S/C18H18N2O3S/c1-12-3-2-4-13(9-12)16-10-15(14-7-8-24-11-14)19-20(16)17(21)5-6-18(22)23/h2-4,7-9,11,16H,5-6,10H2,1H3,(H,22,23). The number of thiophene rings is 1. The monoisotopic (exact) mass is 342 g/mol. The molecule has 0 spiro atoms. The van der Waals surface area contributed by atoms with Crippen LogP contribution < -0.4 is 0 Å². The Morgan fingerprint density at radius 1 is 1.33 bits per heavy atom. The normalized spacial score (nSPS) is 17.0. The van der Waals surface area contributed by atoms with E-state index in [4.69, 9.17) is 5.11 Å². The summed E-state index contributed by atoms with van der Waals surface area (Å²) in [7, 11) is 0. The molecule has 0 fully saturated rings. The lowest BCUT2D eigenvalue weighted by molar-refractivity contribution is -0.141. The summed E-state index contributed by atoms with van der Waals surface area (Å²) in [6.45, 7) is 2.01. The lowest BCUT2D eigenvalue weighted by Gasteiger charge is -2.22. The van der Waals surface area contributed by atoms with Gasteiger partial charge in [-0.05, 0) is 29.3 Å². The van der Waals surface area contributed by atoms with E-state index < -0.39 is 5.97 Å². The van der Waals surface area contributed by atoms with E-state index in [1.165, 1.54) is 5.01 Å². The Bertz CT molecular complexity index is 783. The van der Waals surface area contributed by atoms with Gasteiger partial charge in [0.15, 0.2) is 0 Å². The van der Waals surface area contributed by atoms with Gasteiger partial charge in [-0.25, -0.2) is 5.01 Å². The van der Waals surface area contributed by atoms with Crippen molar-refractivity contribution < 1.29 is 14.7 Å². The first kappa shape index (κ1) is 16.4. The predicted molar refractivity (Wildman–Crippen MR) is 93.1 cm³/mol. The Kier molecular flexibility index (Phi) is 4.76. The lowest BCUT2D eigenvalue weighted by Crippen LogP contribution is -2.27. The fourth-order valence-corrected chi connectivity index (χ4v) is 3.47. The number of rotatable bonds is 5. The Labute approximate surface area is 144 Å². The molecular formula is C18H18N2O3S. The molecule has 1 N–H and O–H groups in total. The van der Waals surface area contributed by atoms with Crippen LogP contribution in [0.1, 0.15) is 42.0 Å². The van der Waals surface area contributed by atoms with Crippen molar-refractivity contribution in [2.75, 3.05) is 0 Å². The maximum atomic E-state index is 12.5. The van der Waals surface area contributed by atoms with Crippen LogP contribution in [0.5, 0.6) is 0 Å². The third-order valence-electron chi connectivity index (χ3n) is 4.00. The number of hydrogen-bond donors (Lipinski definition) is 1. The molecule has 1 aromatic carbocycles. The molecule has 0 saturated carbocycles. The summed E-state index contributed by atoms with van der Waals surface area (Å²) >= 11 is 1.59. The van der Waals surface area contributed by atoms with E-state index in [9.17, 15) is 9.59 Å². The van der Waals surface area contributed by atoms with Gasteiger partial charge < -0.3 is 5.11 Å². The van der Waals surface area contributed by atoms with Gasteiger partial charge in [0.2, 0.25) is 5.91 Å². The summed E-state index contributed by atoms with van der Waals surface area (Å²) in [5.41, 5.74) is 4.03. The molecule has 0 saturated heterocycles. The molecule has 1 aromatic heterocycles. The molecule has 6 heteroatoms. The molecule has 0 radical (unpaired) electrons. The van der Waals surface area contributed by atoms with Crippen molar-refractivity contribution >= 4 is 28.9 Å². The van der Waals surface area contributed by atoms with E-state index in [-0.39, 0.29) is 24.8 Å². The number of aliphatic carboxylic acids is 1. The number of benzene rings is 1. The van der Waals surface area contributed by atoms with Crippen molar-refractivity contribution in [1.29, 1.82) is 0 Å². The van der Waals surface area contributed by atoms with Crippen molar-refractivity contribution in [3.05, 3.63) is 57.8 Å². The minimum atomic E-state index is -0.975. The average molecular weight is 342 g/mol.